The summed E-state index contributed by atoms with van der Waals surface area (Å²) in [6.07, 6.45) is 5.59. The van der Waals surface area contributed by atoms with E-state index in [-0.39, 0.29) is 18.6 Å². The van der Waals surface area contributed by atoms with Gasteiger partial charge in [-0.1, -0.05) is 24.4 Å². The van der Waals surface area contributed by atoms with E-state index in [0.29, 0.717) is 23.6 Å². The highest BCUT2D eigenvalue weighted by atomic mass is 16.5. The molecule has 0 radical (unpaired) electrons. The van der Waals surface area contributed by atoms with Gasteiger partial charge in [0.15, 0.2) is 0 Å². The quantitative estimate of drug-likeness (QED) is 0.905. The molecule has 0 unspecified atom stereocenters. The molecule has 1 saturated carbocycles. The van der Waals surface area contributed by atoms with Crippen LogP contribution < -0.4 is 0 Å². The molecule has 1 heterocycles. The van der Waals surface area contributed by atoms with E-state index in [1.54, 1.807) is 18.7 Å². The van der Waals surface area contributed by atoms with Crippen molar-refractivity contribution in [3.05, 3.63) is 17.0 Å². The lowest BCUT2D eigenvalue weighted by Gasteiger charge is -2.34. The number of nitrogens with zero attached hydrogens (tertiary/aromatic N) is 2. The zero-order valence-electron chi connectivity index (χ0n) is 11.7. The van der Waals surface area contributed by atoms with E-state index in [1.165, 1.54) is 6.42 Å². The molecule has 1 N–H and O–H groups in total. The maximum Gasteiger partial charge on any atom is 0.259 e. The van der Waals surface area contributed by atoms with Crippen LogP contribution in [0.2, 0.25) is 0 Å². The fraction of sp³-hybridized carbons (Fsp3) is 0.714. The van der Waals surface area contributed by atoms with Gasteiger partial charge in [0.25, 0.3) is 5.91 Å². The van der Waals surface area contributed by atoms with E-state index in [9.17, 15) is 9.90 Å². The van der Waals surface area contributed by atoms with Crippen molar-refractivity contribution >= 4 is 5.91 Å². The van der Waals surface area contributed by atoms with E-state index in [0.717, 1.165) is 25.7 Å². The first kappa shape index (κ1) is 14.1. The topological polar surface area (TPSA) is 66.6 Å². The van der Waals surface area contributed by atoms with Crippen LogP contribution in [0.3, 0.4) is 0 Å². The van der Waals surface area contributed by atoms with Crippen LogP contribution in [0.1, 0.15) is 53.9 Å². The van der Waals surface area contributed by atoms with Gasteiger partial charge >= 0.3 is 0 Å². The normalized spacial score (nSPS) is 16.6. The standard InChI is InChI=1S/C14H22N2O3/c1-10-13(11(2)19-15-10)14(18)16(8-9-17)12-6-4-3-5-7-12/h12,17H,3-9H2,1-2H3. The molecule has 1 aliphatic rings. The number of rotatable bonds is 4. The van der Waals surface area contributed by atoms with Gasteiger partial charge in [-0.15, -0.1) is 0 Å². The third-order valence-corrected chi connectivity index (χ3v) is 3.86. The summed E-state index contributed by atoms with van der Waals surface area (Å²) in [6, 6.07) is 0.238. The number of carbonyl (C=O) groups is 1. The Bertz CT molecular complexity index is 416. The Hall–Kier alpha value is -1.36. The van der Waals surface area contributed by atoms with E-state index >= 15 is 0 Å². The van der Waals surface area contributed by atoms with Crippen LogP contribution in [-0.4, -0.2) is 40.3 Å². The number of aromatic nitrogens is 1. The van der Waals surface area contributed by atoms with Crippen LogP contribution in [0.5, 0.6) is 0 Å². The van der Waals surface area contributed by atoms with Gasteiger partial charge in [0, 0.05) is 12.6 Å². The second-order valence-corrected chi connectivity index (χ2v) is 5.21. The SMILES string of the molecule is Cc1noc(C)c1C(=O)N(CCO)C1CCCCC1. The summed E-state index contributed by atoms with van der Waals surface area (Å²) < 4.78 is 5.07. The van der Waals surface area contributed by atoms with Gasteiger partial charge < -0.3 is 14.5 Å². The van der Waals surface area contributed by atoms with Crippen LogP contribution in [0, 0.1) is 13.8 Å². The zero-order chi connectivity index (χ0) is 13.8. The molecular formula is C14H22N2O3. The minimum atomic E-state index is -0.0581. The highest BCUT2D eigenvalue weighted by molar-refractivity contribution is 5.96. The molecule has 1 amide bonds. The van der Waals surface area contributed by atoms with Crippen molar-refractivity contribution in [1.82, 2.24) is 10.1 Å². The van der Waals surface area contributed by atoms with Crippen molar-refractivity contribution in [3.63, 3.8) is 0 Å². The molecule has 1 aromatic heterocycles. The van der Waals surface area contributed by atoms with Crippen LogP contribution in [0.15, 0.2) is 4.52 Å². The van der Waals surface area contributed by atoms with Gasteiger partial charge in [-0.2, -0.15) is 0 Å². The molecule has 19 heavy (non-hydrogen) atoms. The number of hydrogen-bond acceptors (Lipinski definition) is 4. The van der Waals surface area contributed by atoms with Crippen LogP contribution in [0.25, 0.3) is 0 Å². The van der Waals surface area contributed by atoms with Gasteiger partial charge in [-0.3, -0.25) is 4.79 Å². The van der Waals surface area contributed by atoms with Gasteiger partial charge in [-0.25, -0.2) is 0 Å². The van der Waals surface area contributed by atoms with Gasteiger partial charge in [0.2, 0.25) is 0 Å². The van der Waals surface area contributed by atoms with Crippen molar-refractivity contribution in [2.24, 2.45) is 0 Å². The van der Waals surface area contributed by atoms with Crippen molar-refractivity contribution in [2.75, 3.05) is 13.2 Å². The summed E-state index contributed by atoms with van der Waals surface area (Å²) in [5.41, 5.74) is 1.18. The average Bonchev–Trinajstić information content (AvgIpc) is 2.76. The second-order valence-electron chi connectivity index (χ2n) is 5.21. The molecule has 0 bridgehead atoms. The number of aliphatic hydroxyl groups excluding tert-OH is 1. The van der Waals surface area contributed by atoms with Crippen LogP contribution in [-0.2, 0) is 0 Å². The minimum absolute atomic E-state index is 0.00832. The van der Waals surface area contributed by atoms with Crippen LogP contribution >= 0.6 is 0 Å². The molecule has 1 fully saturated rings. The predicted octanol–water partition coefficient (Wildman–Crippen LogP) is 2.06. The third-order valence-electron chi connectivity index (χ3n) is 3.86. The van der Waals surface area contributed by atoms with Crippen molar-refractivity contribution in [1.29, 1.82) is 0 Å². The second kappa shape index (κ2) is 6.19. The molecule has 0 spiro atoms. The lowest BCUT2D eigenvalue weighted by molar-refractivity contribution is 0.0583. The third kappa shape index (κ3) is 2.97. The molecule has 0 aromatic carbocycles. The Morgan fingerprint density at radius 2 is 2.05 bits per heavy atom. The molecule has 2 rings (SSSR count). The molecule has 5 nitrogen and oxygen atoms in total. The average molecular weight is 266 g/mol. The summed E-state index contributed by atoms with van der Waals surface area (Å²) >= 11 is 0. The summed E-state index contributed by atoms with van der Waals surface area (Å²) in [5.74, 6) is 0.499. The molecule has 1 aliphatic carbocycles. The van der Waals surface area contributed by atoms with Crippen molar-refractivity contribution < 1.29 is 14.4 Å². The lowest BCUT2D eigenvalue weighted by Crippen LogP contribution is -2.43. The number of amides is 1. The summed E-state index contributed by atoms with van der Waals surface area (Å²) in [6.45, 7) is 3.91. The Balaban J connectivity index is 2.20. The largest absolute Gasteiger partial charge is 0.395 e. The smallest absolute Gasteiger partial charge is 0.259 e. The van der Waals surface area contributed by atoms with E-state index in [2.05, 4.69) is 5.16 Å². The highest BCUT2D eigenvalue weighted by Crippen LogP contribution is 2.25. The number of hydrogen-bond donors (Lipinski definition) is 1. The fourth-order valence-corrected chi connectivity index (χ4v) is 2.88. The van der Waals surface area contributed by atoms with E-state index in [1.807, 2.05) is 0 Å². The summed E-state index contributed by atoms with van der Waals surface area (Å²) in [4.78, 5) is 14.4. The zero-order valence-corrected chi connectivity index (χ0v) is 11.7. The number of aliphatic hydroxyl groups is 1. The van der Waals surface area contributed by atoms with Crippen molar-refractivity contribution in [3.8, 4) is 0 Å². The Labute approximate surface area is 113 Å². The first-order valence-electron chi connectivity index (χ1n) is 7.00. The Morgan fingerprint density at radius 1 is 1.37 bits per heavy atom. The minimum Gasteiger partial charge on any atom is -0.395 e. The monoisotopic (exact) mass is 266 g/mol. The Kier molecular flexibility index (Phi) is 4.58. The molecule has 0 aliphatic heterocycles. The first-order chi connectivity index (χ1) is 9.15. The number of carbonyl (C=O) groups excluding carboxylic acids is 1. The summed E-state index contributed by atoms with van der Waals surface area (Å²) in [5, 5.41) is 13.1. The molecule has 0 atom stereocenters. The predicted molar refractivity (Wildman–Crippen MR) is 71.0 cm³/mol. The van der Waals surface area contributed by atoms with Gasteiger partial charge in [0.1, 0.15) is 11.3 Å². The van der Waals surface area contributed by atoms with Crippen molar-refractivity contribution in [2.45, 2.75) is 52.0 Å². The molecular weight excluding hydrogens is 244 g/mol. The van der Waals surface area contributed by atoms with Crippen LogP contribution in [0.4, 0.5) is 0 Å². The fourth-order valence-electron chi connectivity index (χ4n) is 2.88. The van der Waals surface area contributed by atoms with E-state index < -0.39 is 0 Å². The molecule has 5 heteroatoms. The van der Waals surface area contributed by atoms with E-state index in [4.69, 9.17) is 4.52 Å². The Morgan fingerprint density at radius 3 is 2.58 bits per heavy atom. The lowest BCUT2D eigenvalue weighted by atomic mass is 9.93. The highest BCUT2D eigenvalue weighted by Gasteiger charge is 2.29. The maximum atomic E-state index is 12.7. The maximum absolute atomic E-state index is 12.7. The number of aryl methyl sites for hydroxylation is 2. The molecule has 106 valence electrons. The molecule has 0 saturated heterocycles. The molecule has 1 aromatic rings. The van der Waals surface area contributed by atoms with Gasteiger partial charge in [-0.05, 0) is 26.7 Å². The summed E-state index contributed by atoms with van der Waals surface area (Å²) in [7, 11) is 0. The first-order valence-corrected chi connectivity index (χ1v) is 7.00. The van der Waals surface area contributed by atoms with Gasteiger partial charge in [0.05, 0.1) is 12.3 Å².